The molecule has 0 bridgehead atoms. The van der Waals surface area contributed by atoms with Gasteiger partial charge < -0.3 is 9.80 Å². The van der Waals surface area contributed by atoms with Crippen LogP contribution in [-0.4, -0.2) is 51.8 Å². The molecule has 0 N–H and O–H groups in total. The number of carbonyl (C=O) groups excluding carboxylic acids is 1. The van der Waals surface area contributed by atoms with Crippen LogP contribution in [0.5, 0.6) is 0 Å². The van der Waals surface area contributed by atoms with Gasteiger partial charge in [0.15, 0.2) is 0 Å². The maximum atomic E-state index is 11.6. The first-order chi connectivity index (χ1) is 12.4. The molecule has 1 aromatic carbocycles. The Bertz CT molecular complexity index is 987. The lowest BCUT2D eigenvalue weighted by Gasteiger charge is -2.36. The predicted octanol–water partition coefficient (Wildman–Crippen LogP) is 3.42. The topological polar surface area (TPSA) is 54.3 Å². The minimum absolute atomic E-state index is 0.120. The Morgan fingerprint density at radius 1 is 1.19 bits per heavy atom. The zero-order valence-electron chi connectivity index (χ0n) is 15.0. The third-order valence-electron chi connectivity index (χ3n) is 4.71. The number of hydrogen-bond donors (Lipinski definition) is 0. The number of anilines is 1. The van der Waals surface area contributed by atoms with Gasteiger partial charge in [0.25, 0.3) is 0 Å². The average molecular weight is 390 g/mol. The number of hydrogen-bond acceptors (Lipinski definition) is 5. The van der Waals surface area contributed by atoms with E-state index in [4.69, 9.17) is 16.6 Å². The number of carbonyl (C=O) groups is 1. The van der Waals surface area contributed by atoms with Gasteiger partial charge in [0, 0.05) is 38.8 Å². The summed E-state index contributed by atoms with van der Waals surface area (Å²) in [6, 6.07) is 5.99. The van der Waals surface area contributed by atoms with E-state index in [1.807, 2.05) is 41.6 Å². The fourth-order valence-electron chi connectivity index (χ4n) is 3.40. The summed E-state index contributed by atoms with van der Waals surface area (Å²) >= 11 is 8.16. The summed E-state index contributed by atoms with van der Waals surface area (Å²) in [7, 11) is 0. The highest BCUT2D eigenvalue weighted by molar-refractivity contribution is 7.20. The quantitative estimate of drug-likeness (QED) is 0.673. The second-order valence-corrected chi connectivity index (χ2v) is 7.99. The number of fused-ring (bicyclic) bond motifs is 1. The van der Waals surface area contributed by atoms with Crippen LogP contribution in [0.15, 0.2) is 18.2 Å². The van der Waals surface area contributed by atoms with Crippen LogP contribution < -0.4 is 4.90 Å². The maximum Gasteiger partial charge on any atom is 0.219 e. The van der Waals surface area contributed by atoms with Crippen LogP contribution in [0.4, 0.5) is 5.69 Å². The summed E-state index contributed by atoms with van der Waals surface area (Å²) in [5.41, 5.74) is 3.89. The van der Waals surface area contributed by atoms with Crippen molar-refractivity contribution in [2.75, 3.05) is 31.1 Å². The van der Waals surface area contributed by atoms with Gasteiger partial charge in [-0.25, -0.2) is 9.67 Å². The number of rotatable bonds is 2. The van der Waals surface area contributed by atoms with Gasteiger partial charge in [0.1, 0.15) is 5.52 Å². The number of amides is 1. The zero-order chi connectivity index (χ0) is 18.4. The van der Waals surface area contributed by atoms with Crippen molar-refractivity contribution in [2.45, 2.75) is 20.8 Å². The van der Waals surface area contributed by atoms with Crippen molar-refractivity contribution >= 4 is 44.7 Å². The molecule has 1 aliphatic rings. The van der Waals surface area contributed by atoms with Crippen LogP contribution in [0.2, 0.25) is 5.02 Å². The standard InChI is InChI=1S/C18H20ClN5OS/c1-11-10-12(2)24(21-11)18-20-16-15(26-18)5-4-14(19)17(16)23-8-6-22(7-9-23)13(3)25/h4-5,10H,6-9H2,1-3H3. The van der Waals surface area contributed by atoms with Gasteiger partial charge in [-0.2, -0.15) is 5.10 Å². The number of aryl methyl sites for hydroxylation is 2. The van der Waals surface area contributed by atoms with Crippen molar-refractivity contribution in [1.82, 2.24) is 19.7 Å². The first-order valence-corrected chi connectivity index (χ1v) is 9.76. The highest BCUT2D eigenvalue weighted by atomic mass is 35.5. The van der Waals surface area contributed by atoms with E-state index in [-0.39, 0.29) is 5.91 Å². The molecule has 3 heterocycles. The molecular formula is C18H20ClN5OS. The van der Waals surface area contributed by atoms with E-state index in [1.54, 1.807) is 18.3 Å². The second-order valence-electron chi connectivity index (χ2n) is 6.57. The van der Waals surface area contributed by atoms with Crippen LogP contribution in [0.3, 0.4) is 0 Å². The lowest BCUT2D eigenvalue weighted by molar-refractivity contribution is -0.129. The first kappa shape index (κ1) is 17.3. The largest absolute Gasteiger partial charge is 0.365 e. The van der Waals surface area contributed by atoms with Crippen molar-refractivity contribution in [1.29, 1.82) is 0 Å². The van der Waals surface area contributed by atoms with Gasteiger partial charge in [-0.15, -0.1) is 0 Å². The third-order valence-corrected chi connectivity index (χ3v) is 6.01. The van der Waals surface area contributed by atoms with E-state index < -0.39 is 0 Å². The van der Waals surface area contributed by atoms with Gasteiger partial charge in [-0.05, 0) is 32.0 Å². The minimum atomic E-state index is 0.120. The summed E-state index contributed by atoms with van der Waals surface area (Å²) in [6.07, 6.45) is 0. The first-order valence-electron chi connectivity index (χ1n) is 8.57. The van der Waals surface area contributed by atoms with Gasteiger partial charge in [0.05, 0.1) is 21.1 Å². The summed E-state index contributed by atoms with van der Waals surface area (Å²) in [5.74, 6) is 0.120. The van der Waals surface area contributed by atoms with E-state index in [0.29, 0.717) is 18.1 Å². The number of piperazine rings is 1. The maximum absolute atomic E-state index is 11.6. The fourth-order valence-corrected chi connectivity index (χ4v) is 4.65. The normalized spacial score (nSPS) is 15.1. The molecule has 1 aliphatic heterocycles. The highest BCUT2D eigenvalue weighted by Gasteiger charge is 2.24. The van der Waals surface area contributed by atoms with Crippen molar-refractivity contribution in [3.63, 3.8) is 0 Å². The molecule has 6 nitrogen and oxygen atoms in total. The Balaban J connectivity index is 1.74. The average Bonchev–Trinajstić information content (AvgIpc) is 3.17. The summed E-state index contributed by atoms with van der Waals surface area (Å²) < 4.78 is 2.96. The van der Waals surface area contributed by atoms with Crippen LogP contribution >= 0.6 is 22.9 Å². The van der Waals surface area contributed by atoms with Crippen molar-refractivity contribution in [2.24, 2.45) is 0 Å². The number of thiazole rings is 1. The molecule has 0 atom stereocenters. The van der Waals surface area contributed by atoms with Crippen LogP contribution in [0, 0.1) is 13.8 Å². The van der Waals surface area contributed by atoms with E-state index >= 15 is 0 Å². The van der Waals surface area contributed by atoms with Crippen LogP contribution in [0.25, 0.3) is 15.3 Å². The molecule has 2 aromatic heterocycles. The number of halogens is 1. The number of nitrogens with zero attached hydrogens (tertiary/aromatic N) is 5. The summed E-state index contributed by atoms with van der Waals surface area (Å²) in [4.78, 5) is 20.5. The molecule has 0 aliphatic carbocycles. The van der Waals surface area contributed by atoms with Gasteiger partial charge in [0.2, 0.25) is 11.0 Å². The fraction of sp³-hybridized carbons (Fsp3) is 0.389. The van der Waals surface area contributed by atoms with Crippen molar-refractivity contribution < 1.29 is 4.79 Å². The SMILES string of the molecule is CC(=O)N1CCN(c2c(Cl)ccc3sc(-n4nc(C)cc4C)nc23)CC1. The molecule has 3 aromatic rings. The number of benzene rings is 1. The van der Waals surface area contributed by atoms with E-state index in [0.717, 1.165) is 45.5 Å². The minimum Gasteiger partial charge on any atom is -0.365 e. The van der Waals surface area contributed by atoms with Crippen molar-refractivity contribution in [3.8, 4) is 5.13 Å². The molecule has 26 heavy (non-hydrogen) atoms. The second kappa shape index (κ2) is 6.55. The molecular weight excluding hydrogens is 370 g/mol. The zero-order valence-corrected chi connectivity index (χ0v) is 16.6. The monoisotopic (exact) mass is 389 g/mol. The predicted molar refractivity (Wildman–Crippen MR) is 106 cm³/mol. The van der Waals surface area contributed by atoms with E-state index in [1.165, 1.54) is 0 Å². The summed E-state index contributed by atoms with van der Waals surface area (Å²) in [5, 5.41) is 6.08. The molecule has 4 rings (SSSR count). The van der Waals surface area contributed by atoms with Crippen molar-refractivity contribution in [3.05, 3.63) is 34.6 Å². The molecule has 0 radical (unpaired) electrons. The Labute approximate surface area is 161 Å². The molecule has 0 spiro atoms. The molecule has 8 heteroatoms. The van der Waals surface area contributed by atoms with Crippen LogP contribution in [0.1, 0.15) is 18.3 Å². The highest BCUT2D eigenvalue weighted by Crippen LogP contribution is 2.38. The Morgan fingerprint density at radius 3 is 2.54 bits per heavy atom. The lowest BCUT2D eigenvalue weighted by Crippen LogP contribution is -2.48. The van der Waals surface area contributed by atoms with Crippen LogP contribution in [-0.2, 0) is 4.79 Å². The summed E-state index contributed by atoms with van der Waals surface area (Å²) in [6.45, 7) is 8.54. The lowest BCUT2D eigenvalue weighted by atomic mass is 10.2. The Hall–Kier alpha value is -2.12. The molecule has 1 saturated heterocycles. The smallest absolute Gasteiger partial charge is 0.219 e. The molecule has 0 saturated carbocycles. The van der Waals surface area contributed by atoms with Gasteiger partial charge in [-0.3, -0.25) is 4.79 Å². The van der Waals surface area contributed by atoms with Gasteiger partial charge >= 0.3 is 0 Å². The van der Waals surface area contributed by atoms with Gasteiger partial charge in [-0.1, -0.05) is 22.9 Å². The molecule has 0 unspecified atom stereocenters. The molecule has 136 valence electrons. The Morgan fingerprint density at radius 2 is 1.92 bits per heavy atom. The molecule has 1 amide bonds. The molecule has 1 fully saturated rings. The van der Waals surface area contributed by atoms with E-state index in [9.17, 15) is 4.79 Å². The number of aromatic nitrogens is 3. The third kappa shape index (κ3) is 2.95. The Kier molecular flexibility index (Phi) is 4.36. The van der Waals surface area contributed by atoms with E-state index in [2.05, 4.69) is 10.00 Å².